The monoisotopic (exact) mass is 409 g/mol. The summed E-state index contributed by atoms with van der Waals surface area (Å²) in [5, 5.41) is 9.90. The normalized spacial score (nSPS) is 12.5. The van der Waals surface area contributed by atoms with Crippen molar-refractivity contribution in [2.24, 2.45) is 0 Å². The summed E-state index contributed by atoms with van der Waals surface area (Å²) in [5.41, 5.74) is 0.650. The van der Waals surface area contributed by atoms with Crippen molar-refractivity contribution in [1.29, 1.82) is 0 Å². The molecule has 2 rings (SSSR count). The van der Waals surface area contributed by atoms with Gasteiger partial charge in [-0.15, -0.1) is 11.3 Å². The number of rotatable bonds is 8. The van der Waals surface area contributed by atoms with Crippen LogP contribution in [0.1, 0.15) is 24.8 Å². The molecule has 0 aliphatic carbocycles. The average Bonchev–Trinajstić information content (AvgIpc) is 2.86. The molecule has 0 unspecified atom stereocenters. The molecule has 2 aromatic rings. The van der Waals surface area contributed by atoms with Gasteiger partial charge in [-0.05, 0) is 30.4 Å². The molecule has 10 heteroatoms. The zero-order valence-electron chi connectivity index (χ0n) is 13.9. The predicted molar refractivity (Wildman–Crippen MR) is 95.2 cm³/mol. The molecule has 0 amide bonds. The highest BCUT2D eigenvalue weighted by molar-refractivity contribution is 7.93. The lowest BCUT2D eigenvalue weighted by Crippen LogP contribution is -2.35. The summed E-state index contributed by atoms with van der Waals surface area (Å²) in [6.45, 7) is 1.35. The van der Waals surface area contributed by atoms with E-state index in [1.807, 2.05) is 6.07 Å². The first kappa shape index (κ1) is 20.5. The summed E-state index contributed by atoms with van der Waals surface area (Å²) in [6.07, 6.45) is -6.50. The van der Waals surface area contributed by atoms with Crippen molar-refractivity contribution in [3.8, 4) is 0 Å². The van der Waals surface area contributed by atoms with Crippen LogP contribution >= 0.6 is 11.3 Å². The van der Waals surface area contributed by atoms with Crippen molar-refractivity contribution in [3.05, 3.63) is 29.8 Å². The molecule has 26 heavy (non-hydrogen) atoms. The van der Waals surface area contributed by atoms with E-state index in [1.165, 1.54) is 11.3 Å². The third-order valence-electron chi connectivity index (χ3n) is 3.78. The van der Waals surface area contributed by atoms with Crippen molar-refractivity contribution in [1.82, 2.24) is 0 Å². The number of benzene rings is 1. The molecule has 5 nitrogen and oxygen atoms in total. The summed E-state index contributed by atoms with van der Waals surface area (Å²) >= 11 is 1.17. The van der Waals surface area contributed by atoms with Crippen LogP contribution in [0, 0.1) is 6.92 Å². The minimum absolute atomic E-state index is 0.332. The van der Waals surface area contributed by atoms with E-state index in [-0.39, 0.29) is 6.54 Å². The van der Waals surface area contributed by atoms with Crippen molar-refractivity contribution in [2.75, 3.05) is 16.6 Å². The molecule has 1 aromatic carbocycles. The predicted octanol–water partition coefficient (Wildman–Crippen LogP) is 4.16. The van der Waals surface area contributed by atoms with Gasteiger partial charge < -0.3 is 5.11 Å². The number of hydrogen-bond acceptors (Lipinski definition) is 4. The van der Waals surface area contributed by atoms with E-state index in [9.17, 15) is 26.4 Å². The number of carboxylic acid groups (broad SMARTS) is 1. The summed E-state index contributed by atoms with van der Waals surface area (Å²) < 4.78 is 64.4. The minimum Gasteiger partial charge on any atom is -0.481 e. The standard InChI is InChI=1S/C16H18F3NO4S2/c1-11-12-5-2-3-6-13(12)25-15(11)20(9-4-8-16(17,18)19)26(23,24)10-7-14(21)22/h2-3,5-6H,4,7-10H2,1H3,(H,21,22). The van der Waals surface area contributed by atoms with Gasteiger partial charge in [0.2, 0.25) is 10.0 Å². The lowest BCUT2D eigenvalue weighted by Gasteiger charge is -2.24. The summed E-state index contributed by atoms with van der Waals surface area (Å²) in [5.74, 6) is -1.95. The second-order valence-electron chi connectivity index (χ2n) is 5.78. The first-order chi connectivity index (χ1) is 12.0. The van der Waals surface area contributed by atoms with E-state index in [1.54, 1.807) is 25.1 Å². The van der Waals surface area contributed by atoms with Gasteiger partial charge in [0.05, 0.1) is 12.2 Å². The zero-order chi connectivity index (χ0) is 19.5. The number of hydrogen-bond donors (Lipinski definition) is 1. The van der Waals surface area contributed by atoms with Crippen LogP contribution in [0.2, 0.25) is 0 Å². The van der Waals surface area contributed by atoms with Gasteiger partial charge in [-0.1, -0.05) is 18.2 Å². The molecule has 0 atom stereocenters. The van der Waals surface area contributed by atoms with Crippen LogP contribution in [0.3, 0.4) is 0 Å². The first-order valence-corrected chi connectivity index (χ1v) is 10.2. The van der Waals surface area contributed by atoms with Crippen molar-refractivity contribution < 1.29 is 31.5 Å². The third-order valence-corrected chi connectivity index (χ3v) is 6.94. The van der Waals surface area contributed by atoms with Crippen LogP contribution < -0.4 is 4.31 Å². The molecule has 0 aliphatic rings. The molecule has 1 N–H and O–H groups in total. The molecule has 1 aromatic heterocycles. The highest BCUT2D eigenvalue weighted by Gasteiger charge is 2.30. The average molecular weight is 409 g/mol. The maximum atomic E-state index is 12.6. The van der Waals surface area contributed by atoms with E-state index in [2.05, 4.69) is 0 Å². The molecular formula is C16H18F3NO4S2. The first-order valence-electron chi connectivity index (χ1n) is 7.78. The fraction of sp³-hybridized carbons (Fsp3) is 0.438. The molecule has 0 fully saturated rings. The molecule has 0 saturated carbocycles. The maximum Gasteiger partial charge on any atom is 0.389 e. The summed E-state index contributed by atoms with van der Waals surface area (Å²) in [6, 6.07) is 7.18. The van der Waals surface area contributed by atoms with E-state index in [0.29, 0.717) is 10.6 Å². The maximum absolute atomic E-state index is 12.6. The largest absolute Gasteiger partial charge is 0.481 e. The van der Waals surface area contributed by atoms with Crippen LogP contribution in [0.15, 0.2) is 24.3 Å². The Morgan fingerprint density at radius 3 is 2.50 bits per heavy atom. The lowest BCUT2D eigenvalue weighted by atomic mass is 10.2. The number of anilines is 1. The molecule has 0 bridgehead atoms. The van der Waals surface area contributed by atoms with E-state index in [0.717, 1.165) is 14.4 Å². The van der Waals surface area contributed by atoms with Crippen LogP contribution in [0.5, 0.6) is 0 Å². The van der Waals surface area contributed by atoms with Crippen molar-refractivity contribution >= 4 is 42.4 Å². The van der Waals surface area contributed by atoms with Crippen molar-refractivity contribution in [3.63, 3.8) is 0 Å². The third kappa shape index (κ3) is 5.10. The Morgan fingerprint density at radius 1 is 1.27 bits per heavy atom. The SMILES string of the molecule is Cc1c(N(CCCC(F)(F)F)S(=O)(=O)CCC(=O)O)sc2ccccc12. The topological polar surface area (TPSA) is 74.7 Å². The molecule has 0 saturated heterocycles. The van der Waals surface area contributed by atoms with Crippen LogP contribution in [0.25, 0.3) is 10.1 Å². The number of fused-ring (bicyclic) bond motifs is 1. The number of nitrogens with zero attached hydrogens (tertiary/aromatic N) is 1. The summed E-state index contributed by atoms with van der Waals surface area (Å²) in [4.78, 5) is 10.7. The Labute approximate surface area is 153 Å². The molecule has 0 radical (unpaired) electrons. The number of thiophene rings is 1. The lowest BCUT2D eigenvalue weighted by molar-refractivity contribution is -0.136. The van der Waals surface area contributed by atoms with Gasteiger partial charge >= 0.3 is 12.1 Å². The summed E-state index contributed by atoms with van der Waals surface area (Å²) in [7, 11) is -4.06. The number of alkyl halides is 3. The highest BCUT2D eigenvalue weighted by atomic mass is 32.2. The van der Waals surface area contributed by atoms with E-state index in [4.69, 9.17) is 5.11 Å². The van der Waals surface area contributed by atoms with Gasteiger partial charge in [0.25, 0.3) is 0 Å². The molecule has 144 valence electrons. The van der Waals surface area contributed by atoms with Gasteiger partial charge in [-0.3, -0.25) is 9.10 Å². The number of sulfonamides is 1. The van der Waals surface area contributed by atoms with Gasteiger partial charge in [0.15, 0.2) is 0 Å². The Morgan fingerprint density at radius 2 is 1.92 bits per heavy atom. The quantitative estimate of drug-likeness (QED) is 0.710. The smallest absolute Gasteiger partial charge is 0.389 e. The van der Waals surface area contributed by atoms with Crippen LogP contribution in [0.4, 0.5) is 18.2 Å². The Hall–Kier alpha value is -1.81. The second-order valence-corrected chi connectivity index (χ2v) is 8.82. The molecule has 0 aliphatic heterocycles. The van der Waals surface area contributed by atoms with Gasteiger partial charge in [-0.2, -0.15) is 13.2 Å². The number of halogens is 3. The minimum atomic E-state index is -4.38. The van der Waals surface area contributed by atoms with Crippen molar-refractivity contribution in [2.45, 2.75) is 32.4 Å². The number of aliphatic carboxylic acids is 1. The second kappa shape index (κ2) is 7.83. The van der Waals surface area contributed by atoms with E-state index >= 15 is 0 Å². The Kier molecular flexibility index (Phi) is 6.17. The zero-order valence-corrected chi connectivity index (χ0v) is 15.5. The number of carbonyl (C=O) groups is 1. The van der Waals surface area contributed by atoms with Crippen LogP contribution in [-0.4, -0.2) is 38.0 Å². The van der Waals surface area contributed by atoms with Crippen LogP contribution in [-0.2, 0) is 14.8 Å². The Balaban J connectivity index is 2.38. The fourth-order valence-corrected chi connectivity index (χ4v) is 5.56. The number of aryl methyl sites for hydroxylation is 1. The highest BCUT2D eigenvalue weighted by Crippen LogP contribution is 2.39. The van der Waals surface area contributed by atoms with Gasteiger partial charge in [0, 0.05) is 17.7 Å². The van der Waals surface area contributed by atoms with E-state index < -0.39 is 47.2 Å². The fourth-order valence-electron chi connectivity index (χ4n) is 2.52. The molecule has 0 spiro atoms. The van der Waals surface area contributed by atoms with Gasteiger partial charge in [0.1, 0.15) is 5.00 Å². The Bertz CT molecular complexity index is 891. The van der Waals surface area contributed by atoms with Gasteiger partial charge in [-0.25, -0.2) is 8.42 Å². The molecule has 1 heterocycles. The molecular weight excluding hydrogens is 391 g/mol. The number of carboxylic acids is 1.